The minimum absolute atomic E-state index is 0.0187. The third kappa shape index (κ3) is 2.82. The Morgan fingerprint density at radius 3 is 2.71 bits per heavy atom. The van der Waals surface area contributed by atoms with Crippen LogP contribution in [0, 0.1) is 23.0 Å². The first kappa shape index (κ1) is 15.2. The van der Waals surface area contributed by atoms with Gasteiger partial charge in [-0.05, 0) is 38.3 Å². The second kappa shape index (κ2) is 5.69. The number of nitrogens with two attached hydrogens (primary N) is 1. The maximum atomic E-state index is 11.8. The average molecular weight is 293 g/mol. The van der Waals surface area contributed by atoms with Gasteiger partial charge < -0.3 is 15.8 Å². The number of nitro groups is 1. The number of hydrogen-bond donors (Lipinski definition) is 2. The quantitative estimate of drug-likeness (QED) is 0.579. The van der Waals surface area contributed by atoms with Gasteiger partial charge in [-0.1, -0.05) is 12.1 Å². The number of benzene rings is 1. The van der Waals surface area contributed by atoms with Crippen molar-refractivity contribution in [3.63, 3.8) is 0 Å². The van der Waals surface area contributed by atoms with Crippen molar-refractivity contribution in [3.05, 3.63) is 33.9 Å². The van der Waals surface area contributed by atoms with Crippen molar-refractivity contribution in [1.82, 2.24) is 5.32 Å². The highest BCUT2D eigenvalue weighted by Crippen LogP contribution is 2.40. The average Bonchev–Trinajstić information content (AvgIpc) is 3.25. The Kier molecular flexibility index (Phi) is 4.13. The lowest BCUT2D eigenvalue weighted by atomic mass is 9.93. The predicted octanol–water partition coefficient (Wildman–Crippen LogP) is 1.14. The molecule has 0 aliphatic heterocycles. The van der Waals surface area contributed by atoms with Crippen molar-refractivity contribution >= 4 is 11.6 Å². The Labute approximate surface area is 122 Å². The molecule has 7 nitrogen and oxygen atoms in total. The second-order valence-electron chi connectivity index (χ2n) is 5.33. The molecule has 0 bridgehead atoms. The lowest BCUT2D eigenvalue weighted by molar-refractivity contribution is -0.386. The van der Waals surface area contributed by atoms with Crippen molar-refractivity contribution in [3.8, 4) is 5.75 Å². The minimum Gasteiger partial charge on any atom is -0.484 e. The summed E-state index contributed by atoms with van der Waals surface area (Å²) in [5, 5.41) is 14.0. The summed E-state index contributed by atoms with van der Waals surface area (Å²) in [4.78, 5) is 22.4. The molecule has 0 spiro atoms. The number of para-hydroxylation sites is 1. The number of carbonyl (C=O) groups excluding carboxylic acids is 1. The molecule has 7 heteroatoms. The highest BCUT2D eigenvalue weighted by atomic mass is 16.6. The maximum absolute atomic E-state index is 11.8. The SMILES string of the molecule is CNC(COc1c(C)cccc1[N+](=O)[O-])(C(N)=O)C1CC1. The molecule has 1 amide bonds. The van der Waals surface area contributed by atoms with Gasteiger partial charge in [0.25, 0.3) is 0 Å². The number of amides is 1. The van der Waals surface area contributed by atoms with Crippen molar-refractivity contribution in [2.24, 2.45) is 11.7 Å². The lowest BCUT2D eigenvalue weighted by Crippen LogP contribution is -2.59. The number of carbonyl (C=O) groups is 1. The van der Waals surface area contributed by atoms with E-state index in [9.17, 15) is 14.9 Å². The molecule has 1 saturated carbocycles. The van der Waals surface area contributed by atoms with Crippen LogP contribution in [0.2, 0.25) is 0 Å². The van der Waals surface area contributed by atoms with Gasteiger partial charge in [-0.25, -0.2) is 0 Å². The van der Waals surface area contributed by atoms with Gasteiger partial charge >= 0.3 is 5.69 Å². The molecule has 1 fully saturated rings. The summed E-state index contributed by atoms with van der Waals surface area (Å²) in [5.41, 5.74) is 5.07. The zero-order valence-corrected chi connectivity index (χ0v) is 12.1. The number of hydrogen-bond acceptors (Lipinski definition) is 5. The Morgan fingerprint density at radius 1 is 1.57 bits per heavy atom. The highest BCUT2D eigenvalue weighted by molar-refractivity contribution is 5.85. The third-order valence-electron chi connectivity index (χ3n) is 3.99. The van der Waals surface area contributed by atoms with E-state index >= 15 is 0 Å². The lowest BCUT2D eigenvalue weighted by Gasteiger charge is -2.30. The molecule has 1 unspecified atom stereocenters. The van der Waals surface area contributed by atoms with Gasteiger partial charge in [0, 0.05) is 6.07 Å². The van der Waals surface area contributed by atoms with E-state index in [1.54, 1.807) is 26.1 Å². The Bertz CT molecular complexity index is 571. The monoisotopic (exact) mass is 293 g/mol. The molecule has 114 valence electrons. The Morgan fingerprint density at radius 2 is 2.24 bits per heavy atom. The van der Waals surface area contributed by atoms with Crippen LogP contribution in [0.4, 0.5) is 5.69 Å². The molecule has 2 rings (SSSR count). The number of nitrogens with one attached hydrogen (secondary N) is 1. The first-order valence-electron chi connectivity index (χ1n) is 6.78. The van der Waals surface area contributed by atoms with Gasteiger partial charge in [0.05, 0.1) is 4.92 Å². The Balaban J connectivity index is 2.26. The zero-order chi connectivity index (χ0) is 15.6. The highest BCUT2D eigenvalue weighted by Gasteiger charge is 2.50. The van der Waals surface area contributed by atoms with Crippen LogP contribution in [-0.2, 0) is 4.79 Å². The van der Waals surface area contributed by atoms with Crippen LogP contribution in [-0.4, -0.2) is 30.0 Å². The van der Waals surface area contributed by atoms with Gasteiger partial charge in [0.15, 0.2) is 5.75 Å². The minimum atomic E-state index is -0.976. The number of rotatable bonds is 7. The number of aryl methyl sites for hydroxylation is 1. The normalized spacial score (nSPS) is 17.0. The molecule has 1 aromatic carbocycles. The summed E-state index contributed by atoms with van der Waals surface area (Å²) >= 11 is 0. The van der Waals surface area contributed by atoms with Crippen LogP contribution in [0.3, 0.4) is 0 Å². The topological polar surface area (TPSA) is 107 Å². The van der Waals surface area contributed by atoms with E-state index in [0.29, 0.717) is 5.56 Å². The van der Waals surface area contributed by atoms with Crippen LogP contribution in [0.1, 0.15) is 18.4 Å². The molecule has 21 heavy (non-hydrogen) atoms. The number of likely N-dealkylation sites (N-methyl/N-ethyl adjacent to an activating group) is 1. The first-order chi connectivity index (χ1) is 9.92. The molecule has 0 aromatic heterocycles. The molecule has 0 heterocycles. The fourth-order valence-corrected chi connectivity index (χ4v) is 2.52. The zero-order valence-electron chi connectivity index (χ0n) is 12.1. The molecule has 0 radical (unpaired) electrons. The molecular formula is C14H19N3O4. The van der Waals surface area contributed by atoms with E-state index in [1.807, 2.05) is 0 Å². The van der Waals surface area contributed by atoms with Gasteiger partial charge in [-0.2, -0.15) is 0 Å². The number of nitrogens with zero attached hydrogens (tertiary/aromatic N) is 1. The van der Waals surface area contributed by atoms with E-state index in [0.717, 1.165) is 12.8 Å². The largest absolute Gasteiger partial charge is 0.484 e. The predicted molar refractivity (Wildman–Crippen MR) is 77.0 cm³/mol. The van der Waals surface area contributed by atoms with Gasteiger partial charge in [-0.15, -0.1) is 0 Å². The van der Waals surface area contributed by atoms with E-state index < -0.39 is 16.4 Å². The smallest absolute Gasteiger partial charge is 0.311 e. The number of nitro benzene ring substituents is 1. The molecule has 3 N–H and O–H groups in total. The molecule has 1 atom stereocenters. The van der Waals surface area contributed by atoms with E-state index in [1.165, 1.54) is 6.07 Å². The molecular weight excluding hydrogens is 274 g/mol. The summed E-state index contributed by atoms with van der Waals surface area (Å²) in [6.45, 7) is 1.71. The summed E-state index contributed by atoms with van der Waals surface area (Å²) in [5.74, 6) is -0.198. The van der Waals surface area contributed by atoms with Gasteiger partial charge in [-0.3, -0.25) is 14.9 Å². The van der Waals surface area contributed by atoms with E-state index in [-0.39, 0.29) is 24.0 Å². The number of primary amides is 1. The summed E-state index contributed by atoms with van der Waals surface area (Å²) in [7, 11) is 1.65. The van der Waals surface area contributed by atoms with Crippen molar-refractivity contribution in [2.45, 2.75) is 25.3 Å². The van der Waals surface area contributed by atoms with Crippen LogP contribution in [0.5, 0.6) is 5.75 Å². The first-order valence-corrected chi connectivity index (χ1v) is 6.78. The summed E-state index contributed by atoms with van der Waals surface area (Å²) in [6, 6.07) is 4.70. The van der Waals surface area contributed by atoms with E-state index in [4.69, 9.17) is 10.5 Å². The fraction of sp³-hybridized carbons (Fsp3) is 0.500. The summed E-state index contributed by atoms with van der Waals surface area (Å²) < 4.78 is 5.64. The molecule has 1 aliphatic carbocycles. The molecule has 1 aromatic rings. The van der Waals surface area contributed by atoms with Crippen LogP contribution in [0.15, 0.2) is 18.2 Å². The van der Waals surface area contributed by atoms with Crippen molar-refractivity contribution in [1.29, 1.82) is 0 Å². The third-order valence-corrected chi connectivity index (χ3v) is 3.99. The van der Waals surface area contributed by atoms with Gasteiger partial charge in [0.1, 0.15) is 12.1 Å². The van der Waals surface area contributed by atoms with Crippen LogP contribution >= 0.6 is 0 Å². The number of ether oxygens (including phenoxy) is 1. The molecule has 0 saturated heterocycles. The van der Waals surface area contributed by atoms with Gasteiger partial charge in [0.2, 0.25) is 5.91 Å². The van der Waals surface area contributed by atoms with Crippen LogP contribution < -0.4 is 15.8 Å². The molecule has 1 aliphatic rings. The standard InChI is InChI=1S/C14H19N3O4/c1-9-4-3-5-11(17(19)20)12(9)21-8-14(16-2,13(15)18)10-6-7-10/h3-5,10,16H,6-8H2,1-2H3,(H2,15,18). The van der Waals surface area contributed by atoms with Crippen molar-refractivity contribution < 1.29 is 14.5 Å². The Hall–Kier alpha value is -2.15. The van der Waals surface area contributed by atoms with Crippen molar-refractivity contribution in [2.75, 3.05) is 13.7 Å². The van der Waals surface area contributed by atoms with Crippen LogP contribution in [0.25, 0.3) is 0 Å². The van der Waals surface area contributed by atoms with E-state index in [2.05, 4.69) is 5.32 Å². The maximum Gasteiger partial charge on any atom is 0.311 e. The second-order valence-corrected chi connectivity index (χ2v) is 5.33. The summed E-state index contributed by atoms with van der Waals surface area (Å²) in [6.07, 6.45) is 1.78. The fourth-order valence-electron chi connectivity index (χ4n) is 2.52.